The highest BCUT2D eigenvalue weighted by Gasteiger charge is 2.32. The van der Waals surface area contributed by atoms with Gasteiger partial charge >= 0.3 is 0 Å². The number of hydrogen-bond acceptors (Lipinski definition) is 3. The smallest absolute Gasteiger partial charge is 0.164 e. The maximum atomic E-state index is 14.0. The minimum atomic E-state index is -0.105. The Hall–Kier alpha value is -1.64. The van der Waals surface area contributed by atoms with Crippen LogP contribution in [-0.2, 0) is 19.5 Å². The summed E-state index contributed by atoms with van der Waals surface area (Å²) in [5.41, 5.74) is 2.98. The molecule has 0 saturated heterocycles. The number of hydrogen-bond donors (Lipinski definition) is 1. The highest BCUT2D eigenvalue weighted by molar-refractivity contribution is 7.10. The van der Waals surface area contributed by atoms with E-state index in [-0.39, 0.29) is 17.1 Å². The molecule has 0 aliphatic carbocycles. The van der Waals surface area contributed by atoms with E-state index in [1.54, 1.807) is 12.1 Å². The molecule has 5 heteroatoms. The Morgan fingerprint density at radius 3 is 2.75 bits per heavy atom. The Kier molecular flexibility index (Phi) is 4.80. The molecule has 0 bridgehead atoms. The van der Waals surface area contributed by atoms with E-state index in [0.717, 1.165) is 36.1 Å². The molecule has 1 atom stereocenters. The average Bonchev–Trinajstić information content (AvgIpc) is 3.01. The van der Waals surface area contributed by atoms with Crippen LogP contribution in [0.5, 0.6) is 11.5 Å². The molecule has 1 heterocycles. The number of benzene rings is 2. The van der Waals surface area contributed by atoms with Gasteiger partial charge in [-0.3, -0.25) is 4.90 Å². The fourth-order valence-electron chi connectivity index (χ4n) is 3.23. The Balaban J connectivity index is 1.68. The number of aryl methyl sites for hydroxylation is 1. The van der Waals surface area contributed by atoms with E-state index in [4.69, 9.17) is 4.52 Å². The number of fused-ring (bicyclic) bond motifs is 1. The highest BCUT2D eigenvalue weighted by atomic mass is 31.0. The fourth-order valence-corrected chi connectivity index (χ4v) is 3.41. The number of nitrogens with zero attached hydrogens (tertiary/aromatic N) is 1. The summed E-state index contributed by atoms with van der Waals surface area (Å²) in [7, 11) is 2.16. The molecule has 0 saturated carbocycles. The van der Waals surface area contributed by atoms with Crippen LogP contribution in [0, 0.1) is 5.82 Å². The lowest BCUT2D eigenvalue weighted by Crippen LogP contribution is -2.40. The molecule has 0 aromatic heterocycles. The van der Waals surface area contributed by atoms with Crippen molar-refractivity contribution in [3.05, 3.63) is 58.9 Å². The van der Waals surface area contributed by atoms with Crippen LogP contribution in [0.15, 0.2) is 36.4 Å². The van der Waals surface area contributed by atoms with Crippen LogP contribution in [0.4, 0.5) is 4.39 Å². The van der Waals surface area contributed by atoms with Crippen LogP contribution in [0.25, 0.3) is 0 Å². The molecule has 0 radical (unpaired) electrons. The van der Waals surface area contributed by atoms with E-state index >= 15 is 0 Å². The van der Waals surface area contributed by atoms with Gasteiger partial charge in [0, 0.05) is 24.2 Å². The van der Waals surface area contributed by atoms with E-state index in [1.165, 1.54) is 6.07 Å². The molecule has 1 unspecified atom stereocenters. The van der Waals surface area contributed by atoms with Crippen LogP contribution in [0.1, 0.15) is 37.0 Å². The molecule has 2 aromatic rings. The van der Waals surface area contributed by atoms with E-state index in [0.29, 0.717) is 12.3 Å². The van der Waals surface area contributed by atoms with Gasteiger partial charge in [0.2, 0.25) is 0 Å². The van der Waals surface area contributed by atoms with E-state index in [9.17, 15) is 9.50 Å². The monoisotopic (exact) mass is 347 g/mol. The Bertz CT molecular complexity index is 748. The highest BCUT2D eigenvalue weighted by Crippen LogP contribution is 2.34. The van der Waals surface area contributed by atoms with Gasteiger partial charge in [0.15, 0.2) is 11.5 Å². The normalized spacial score (nSPS) is 14.7. The summed E-state index contributed by atoms with van der Waals surface area (Å²) < 4.78 is 19.0. The van der Waals surface area contributed by atoms with Crippen molar-refractivity contribution >= 4 is 9.47 Å². The number of phenols is 1. The van der Waals surface area contributed by atoms with Crippen molar-refractivity contribution in [3.8, 4) is 11.5 Å². The number of aromatic hydroxyl groups is 1. The third-order valence-electron chi connectivity index (χ3n) is 4.96. The zero-order valence-corrected chi connectivity index (χ0v) is 15.2. The van der Waals surface area contributed by atoms with Gasteiger partial charge in [0.05, 0.1) is 9.47 Å². The van der Waals surface area contributed by atoms with Crippen molar-refractivity contribution < 1.29 is 14.0 Å². The summed E-state index contributed by atoms with van der Waals surface area (Å²) in [4.78, 5) is 2.33. The zero-order valence-electron chi connectivity index (χ0n) is 14.1. The Morgan fingerprint density at radius 1 is 1.25 bits per heavy atom. The van der Waals surface area contributed by atoms with Crippen LogP contribution in [0.3, 0.4) is 0 Å². The van der Waals surface area contributed by atoms with Gasteiger partial charge in [-0.2, -0.15) is 0 Å². The van der Waals surface area contributed by atoms with Gasteiger partial charge in [0.1, 0.15) is 5.82 Å². The molecule has 3 rings (SSSR count). The molecule has 0 fully saturated rings. The summed E-state index contributed by atoms with van der Waals surface area (Å²) in [6.07, 6.45) is 1.80. The molecule has 24 heavy (non-hydrogen) atoms. The van der Waals surface area contributed by atoms with Crippen LogP contribution in [0.2, 0.25) is 0 Å². The lowest BCUT2D eigenvalue weighted by Gasteiger charge is -2.35. The minimum Gasteiger partial charge on any atom is -0.504 e. The van der Waals surface area contributed by atoms with Gasteiger partial charge in [0.25, 0.3) is 0 Å². The molecular weight excluding hydrogens is 324 g/mol. The molecule has 3 nitrogen and oxygen atoms in total. The topological polar surface area (TPSA) is 32.7 Å². The van der Waals surface area contributed by atoms with Crippen LogP contribution >= 0.6 is 9.47 Å². The van der Waals surface area contributed by atoms with Crippen molar-refractivity contribution in [2.75, 3.05) is 0 Å². The first-order chi connectivity index (χ1) is 11.4. The standard InChI is InChI=1S/C19H23FNO2P/c1-19(2,9-8-13-6-7-17(22)18(10-13)23-24)21-11-14-4-3-5-16(20)15(14)12-21/h3-7,10,22H,8-9,11-12,24H2,1-2H3. The van der Waals surface area contributed by atoms with Crippen molar-refractivity contribution in [1.29, 1.82) is 0 Å². The molecule has 0 spiro atoms. The summed E-state index contributed by atoms with van der Waals surface area (Å²) in [6.45, 7) is 5.84. The SMILES string of the molecule is CC(C)(CCc1ccc(O)c(OP)c1)N1Cc2cccc(F)c2C1. The van der Waals surface area contributed by atoms with Crippen molar-refractivity contribution in [3.63, 3.8) is 0 Å². The molecule has 1 N–H and O–H groups in total. The van der Waals surface area contributed by atoms with E-state index < -0.39 is 0 Å². The number of rotatable bonds is 5. The number of phenolic OH excluding ortho intramolecular Hbond substituents is 1. The first kappa shape index (κ1) is 17.2. The van der Waals surface area contributed by atoms with E-state index in [2.05, 4.69) is 28.2 Å². The molecule has 2 aromatic carbocycles. The maximum Gasteiger partial charge on any atom is 0.164 e. The predicted octanol–water partition coefficient (Wildman–Crippen LogP) is 4.43. The summed E-state index contributed by atoms with van der Waals surface area (Å²) in [5.74, 6) is 0.496. The lowest BCUT2D eigenvalue weighted by molar-refractivity contribution is 0.109. The van der Waals surface area contributed by atoms with Crippen molar-refractivity contribution in [2.24, 2.45) is 0 Å². The van der Waals surface area contributed by atoms with Gasteiger partial charge in [-0.15, -0.1) is 0 Å². The molecule has 128 valence electrons. The minimum absolute atomic E-state index is 0.0503. The molecule has 1 aliphatic heterocycles. The van der Waals surface area contributed by atoms with Crippen LogP contribution < -0.4 is 4.52 Å². The third-order valence-corrected chi connectivity index (χ3v) is 5.21. The first-order valence-corrected chi connectivity index (χ1v) is 8.58. The second kappa shape index (κ2) is 6.70. The molecular formula is C19H23FNO2P. The Morgan fingerprint density at radius 2 is 2.04 bits per heavy atom. The molecule has 0 amide bonds. The summed E-state index contributed by atoms with van der Waals surface area (Å²) in [6, 6.07) is 10.8. The van der Waals surface area contributed by atoms with E-state index in [1.807, 2.05) is 18.2 Å². The quantitative estimate of drug-likeness (QED) is 0.813. The zero-order chi connectivity index (χ0) is 17.3. The van der Waals surface area contributed by atoms with Crippen molar-refractivity contribution in [1.82, 2.24) is 4.90 Å². The fraction of sp³-hybridized carbons (Fsp3) is 0.368. The van der Waals surface area contributed by atoms with Gasteiger partial charge < -0.3 is 9.63 Å². The number of halogens is 1. The second-order valence-corrected chi connectivity index (χ2v) is 7.20. The maximum absolute atomic E-state index is 14.0. The van der Waals surface area contributed by atoms with Gasteiger partial charge in [-0.25, -0.2) is 4.39 Å². The molecule has 1 aliphatic rings. The third kappa shape index (κ3) is 3.40. The first-order valence-electron chi connectivity index (χ1n) is 8.10. The van der Waals surface area contributed by atoms with Crippen LogP contribution in [-0.4, -0.2) is 15.5 Å². The summed E-state index contributed by atoms with van der Waals surface area (Å²) >= 11 is 0. The average molecular weight is 347 g/mol. The Labute approximate surface area is 144 Å². The van der Waals surface area contributed by atoms with Gasteiger partial charge in [-0.05, 0) is 56.0 Å². The largest absolute Gasteiger partial charge is 0.504 e. The van der Waals surface area contributed by atoms with Gasteiger partial charge in [-0.1, -0.05) is 18.2 Å². The predicted molar refractivity (Wildman–Crippen MR) is 96.5 cm³/mol. The summed E-state index contributed by atoms with van der Waals surface area (Å²) in [5, 5.41) is 9.68. The second-order valence-electron chi connectivity index (χ2n) is 6.97. The lowest BCUT2D eigenvalue weighted by atomic mass is 9.93. The van der Waals surface area contributed by atoms with Crippen molar-refractivity contribution in [2.45, 2.75) is 45.3 Å².